The molecule has 0 saturated carbocycles. The van der Waals surface area contributed by atoms with Crippen LogP contribution in [-0.2, 0) is 0 Å². The first-order valence-corrected chi connectivity index (χ1v) is 5.00. The Hall–Kier alpha value is 0.220. The summed E-state index contributed by atoms with van der Waals surface area (Å²) in [6.45, 7) is 13.3. The molecule has 0 aliphatic heterocycles. The predicted octanol–water partition coefficient (Wildman–Crippen LogP) is 4.15. The molecule has 0 aromatic carbocycles. The van der Waals surface area contributed by atoms with E-state index in [2.05, 4.69) is 57.5 Å². The Morgan fingerprint density at radius 1 is 1.18 bits per heavy atom. The van der Waals surface area contributed by atoms with E-state index < -0.39 is 0 Å². The summed E-state index contributed by atoms with van der Waals surface area (Å²) in [6.07, 6.45) is 0. The smallest absolute Gasteiger partial charge is 0.0326 e. The van der Waals surface area contributed by atoms with Crippen LogP contribution < -0.4 is 0 Å². The second-order valence-electron chi connectivity index (χ2n) is 4.17. The zero-order valence-corrected chi connectivity index (χ0v) is 10.0. The fourth-order valence-electron chi connectivity index (χ4n) is 0.890. The first kappa shape index (κ1) is 11.2. The number of hydrogen-bond acceptors (Lipinski definition) is 0. The molecule has 0 radical (unpaired) electrons. The SMILES string of the molecule is C/C(=C(/C)C(C)(C)C)[C@H](C)Br. The molecule has 0 heterocycles. The van der Waals surface area contributed by atoms with Crippen LogP contribution in [0.15, 0.2) is 11.1 Å². The van der Waals surface area contributed by atoms with E-state index in [1.54, 1.807) is 0 Å². The number of alkyl halides is 1. The predicted molar refractivity (Wildman–Crippen MR) is 56.2 cm³/mol. The van der Waals surface area contributed by atoms with E-state index in [4.69, 9.17) is 0 Å². The maximum Gasteiger partial charge on any atom is 0.0326 e. The van der Waals surface area contributed by atoms with Gasteiger partial charge in [0.15, 0.2) is 0 Å². The Balaban J connectivity index is 4.67. The van der Waals surface area contributed by atoms with E-state index >= 15 is 0 Å². The van der Waals surface area contributed by atoms with Gasteiger partial charge in [0.2, 0.25) is 0 Å². The minimum atomic E-state index is 0.312. The van der Waals surface area contributed by atoms with E-state index in [1.807, 2.05) is 0 Å². The number of rotatable bonds is 1. The van der Waals surface area contributed by atoms with Crippen LogP contribution in [-0.4, -0.2) is 4.83 Å². The molecule has 0 saturated heterocycles. The molecule has 1 heteroatoms. The second-order valence-corrected chi connectivity index (χ2v) is 5.55. The van der Waals surface area contributed by atoms with Gasteiger partial charge in [-0.15, -0.1) is 0 Å². The molecule has 0 aliphatic carbocycles. The largest absolute Gasteiger partial charge is 0.0845 e. The summed E-state index contributed by atoms with van der Waals surface area (Å²) in [5.74, 6) is 0. The van der Waals surface area contributed by atoms with Crippen LogP contribution >= 0.6 is 15.9 Å². The highest BCUT2D eigenvalue weighted by Crippen LogP contribution is 2.29. The van der Waals surface area contributed by atoms with Crippen molar-refractivity contribution in [1.82, 2.24) is 0 Å². The molecule has 0 nitrogen and oxygen atoms in total. The van der Waals surface area contributed by atoms with E-state index in [9.17, 15) is 0 Å². The van der Waals surface area contributed by atoms with Crippen LogP contribution in [0.2, 0.25) is 0 Å². The molecule has 0 bridgehead atoms. The van der Waals surface area contributed by atoms with Gasteiger partial charge >= 0.3 is 0 Å². The summed E-state index contributed by atoms with van der Waals surface area (Å²) in [4.78, 5) is 0.502. The van der Waals surface area contributed by atoms with Gasteiger partial charge in [-0.1, -0.05) is 47.8 Å². The highest BCUT2D eigenvalue weighted by molar-refractivity contribution is 9.09. The zero-order valence-electron chi connectivity index (χ0n) is 8.46. The average molecular weight is 219 g/mol. The Morgan fingerprint density at radius 3 is 1.64 bits per heavy atom. The van der Waals surface area contributed by atoms with E-state index in [-0.39, 0.29) is 0 Å². The minimum absolute atomic E-state index is 0.312. The maximum absolute atomic E-state index is 3.57. The summed E-state index contributed by atoms with van der Waals surface area (Å²) in [7, 11) is 0. The molecule has 0 aromatic heterocycles. The van der Waals surface area contributed by atoms with Crippen LogP contribution in [0.25, 0.3) is 0 Å². The number of allylic oxidation sites excluding steroid dienone is 2. The van der Waals surface area contributed by atoms with Crippen LogP contribution in [0, 0.1) is 5.41 Å². The fraction of sp³-hybridized carbons (Fsp3) is 0.800. The van der Waals surface area contributed by atoms with Gasteiger partial charge in [-0.3, -0.25) is 0 Å². The fourth-order valence-corrected chi connectivity index (χ4v) is 1.23. The van der Waals surface area contributed by atoms with Gasteiger partial charge in [-0.25, -0.2) is 0 Å². The molecule has 0 fully saturated rings. The Bertz CT molecular complexity index is 158. The van der Waals surface area contributed by atoms with Gasteiger partial charge < -0.3 is 0 Å². The lowest BCUT2D eigenvalue weighted by Crippen LogP contribution is -2.11. The van der Waals surface area contributed by atoms with Crippen LogP contribution in [0.5, 0.6) is 0 Å². The summed E-state index contributed by atoms with van der Waals surface area (Å²) in [6, 6.07) is 0. The summed E-state index contributed by atoms with van der Waals surface area (Å²) in [5, 5.41) is 0. The summed E-state index contributed by atoms with van der Waals surface area (Å²) in [5.41, 5.74) is 3.26. The minimum Gasteiger partial charge on any atom is -0.0845 e. The van der Waals surface area contributed by atoms with Crippen molar-refractivity contribution in [2.75, 3.05) is 0 Å². The molecule has 0 N–H and O–H groups in total. The monoisotopic (exact) mass is 218 g/mol. The van der Waals surface area contributed by atoms with Gasteiger partial charge in [-0.2, -0.15) is 0 Å². The van der Waals surface area contributed by atoms with E-state index in [0.29, 0.717) is 10.2 Å². The van der Waals surface area contributed by atoms with Crippen LogP contribution in [0.3, 0.4) is 0 Å². The van der Waals surface area contributed by atoms with E-state index in [0.717, 1.165) is 0 Å². The first-order chi connectivity index (χ1) is 4.76. The molecule has 0 rings (SSSR count). The Morgan fingerprint density at radius 2 is 1.55 bits per heavy atom. The molecule has 0 aromatic rings. The maximum atomic E-state index is 3.57. The van der Waals surface area contributed by atoms with Crippen molar-refractivity contribution in [2.45, 2.75) is 46.4 Å². The normalized spacial score (nSPS) is 17.7. The van der Waals surface area contributed by atoms with Crippen molar-refractivity contribution in [3.05, 3.63) is 11.1 Å². The molecule has 0 spiro atoms. The molecular weight excluding hydrogens is 200 g/mol. The van der Waals surface area contributed by atoms with Crippen LogP contribution in [0.1, 0.15) is 41.5 Å². The van der Waals surface area contributed by atoms with Gasteiger partial charge in [0.25, 0.3) is 0 Å². The topological polar surface area (TPSA) is 0 Å². The third kappa shape index (κ3) is 3.42. The highest BCUT2D eigenvalue weighted by Gasteiger charge is 2.16. The second kappa shape index (κ2) is 3.75. The third-order valence-corrected chi connectivity index (χ3v) is 3.00. The molecule has 0 aliphatic rings. The molecule has 66 valence electrons. The van der Waals surface area contributed by atoms with Crippen molar-refractivity contribution >= 4 is 15.9 Å². The molecule has 11 heavy (non-hydrogen) atoms. The lowest BCUT2D eigenvalue weighted by atomic mass is 9.84. The van der Waals surface area contributed by atoms with Crippen molar-refractivity contribution < 1.29 is 0 Å². The first-order valence-electron chi connectivity index (χ1n) is 4.08. The Kier molecular flexibility index (Phi) is 3.83. The number of hydrogen-bond donors (Lipinski definition) is 0. The van der Waals surface area contributed by atoms with Crippen molar-refractivity contribution in [1.29, 1.82) is 0 Å². The molecule has 1 atom stereocenters. The Labute approximate surface area is 79.2 Å². The lowest BCUT2D eigenvalue weighted by Gasteiger charge is -2.23. The van der Waals surface area contributed by atoms with Crippen molar-refractivity contribution in [3.8, 4) is 0 Å². The van der Waals surface area contributed by atoms with Crippen molar-refractivity contribution in [3.63, 3.8) is 0 Å². The standard InChI is InChI=1S/C10H19Br/c1-7(9(3)11)8(2)10(4,5)6/h9H,1-6H3/b8-7+/t9-/m0/s1. The van der Waals surface area contributed by atoms with Crippen molar-refractivity contribution in [2.24, 2.45) is 5.41 Å². The molecular formula is C10H19Br. The highest BCUT2D eigenvalue weighted by atomic mass is 79.9. The quantitative estimate of drug-likeness (QED) is 0.459. The zero-order chi connectivity index (χ0) is 9.23. The van der Waals surface area contributed by atoms with Gasteiger partial charge in [0, 0.05) is 4.83 Å². The van der Waals surface area contributed by atoms with E-state index in [1.165, 1.54) is 11.1 Å². The number of halogens is 1. The third-order valence-electron chi connectivity index (χ3n) is 2.31. The summed E-state index contributed by atoms with van der Waals surface area (Å²) < 4.78 is 0. The van der Waals surface area contributed by atoms with Gasteiger partial charge in [0.1, 0.15) is 0 Å². The van der Waals surface area contributed by atoms with Gasteiger partial charge in [0.05, 0.1) is 0 Å². The molecule has 0 unspecified atom stereocenters. The van der Waals surface area contributed by atoms with Gasteiger partial charge in [-0.05, 0) is 26.2 Å². The average Bonchev–Trinajstić information content (AvgIpc) is 1.82. The lowest BCUT2D eigenvalue weighted by molar-refractivity contribution is 0.497. The summed E-state index contributed by atoms with van der Waals surface area (Å²) >= 11 is 3.57. The van der Waals surface area contributed by atoms with Crippen LogP contribution in [0.4, 0.5) is 0 Å². The molecule has 0 amide bonds.